The van der Waals surface area contributed by atoms with Crippen molar-refractivity contribution in [1.82, 2.24) is 4.98 Å². The molecular formula is C15H17BrN2. The van der Waals surface area contributed by atoms with Crippen LogP contribution in [-0.4, -0.2) is 11.5 Å². The zero-order valence-corrected chi connectivity index (χ0v) is 12.4. The Hall–Kier alpha value is -1.09. The molecule has 1 aromatic heterocycles. The van der Waals surface area contributed by atoms with E-state index in [1.165, 1.54) is 34.3 Å². The van der Waals surface area contributed by atoms with Gasteiger partial charge in [-0.1, -0.05) is 15.9 Å². The minimum Gasteiger partial charge on any atom is -0.384 e. The molecule has 94 valence electrons. The number of halogens is 1. The first-order valence-electron chi connectivity index (χ1n) is 6.56. The Morgan fingerprint density at radius 1 is 1.33 bits per heavy atom. The van der Waals surface area contributed by atoms with Crippen LogP contribution < -0.4 is 5.32 Å². The van der Waals surface area contributed by atoms with Crippen molar-refractivity contribution in [3.8, 4) is 0 Å². The van der Waals surface area contributed by atoms with E-state index in [9.17, 15) is 0 Å². The normalized spacial score (nSPS) is 13.9. The van der Waals surface area contributed by atoms with Crippen LogP contribution >= 0.6 is 15.9 Å². The van der Waals surface area contributed by atoms with Crippen molar-refractivity contribution in [3.63, 3.8) is 0 Å². The highest BCUT2D eigenvalue weighted by atomic mass is 79.9. The molecule has 1 heterocycles. The highest BCUT2D eigenvalue weighted by molar-refractivity contribution is 9.10. The van der Waals surface area contributed by atoms with Crippen LogP contribution in [0, 0.1) is 6.92 Å². The number of nitrogens with zero attached hydrogens (tertiary/aromatic N) is 1. The van der Waals surface area contributed by atoms with Crippen LogP contribution in [-0.2, 0) is 12.8 Å². The summed E-state index contributed by atoms with van der Waals surface area (Å²) in [7, 11) is 0. The van der Waals surface area contributed by atoms with E-state index in [1.54, 1.807) is 0 Å². The van der Waals surface area contributed by atoms with Gasteiger partial charge in [0.25, 0.3) is 0 Å². The first-order chi connectivity index (χ1) is 8.70. The maximum absolute atomic E-state index is 4.88. The van der Waals surface area contributed by atoms with Gasteiger partial charge in [-0.3, -0.25) is 4.98 Å². The Morgan fingerprint density at radius 3 is 2.94 bits per heavy atom. The van der Waals surface area contributed by atoms with Gasteiger partial charge in [-0.25, -0.2) is 0 Å². The summed E-state index contributed by atoms with van der Waals surface area (Å²) in [6.07, 6.45) is 3.52. The molecular weight excluding hydrogens is 288 g/mol. The van der Waals surface area contributed by atoms with Gasteiger partial charge in [-0.15, -0.1) is 0 Å². The number of pyridine rings is 1. The minimum atomic E-state index is 0.955. The first kappa shape index (κ1) is 12.0. The number of benzene rings is 1. The van der Waals surface area contributed by atoms with Gasteiger partial charge in [0.15, 0.2) is 0 Å². The highest BCUT2D eigenvalue weighted by Gasteiger charge is 2.20. The highest BCUT2D eigenvalue weighted by Crippen LogP contribution is 2.36. The van der Waals surface area contributed by atoms with Gasteiger partial charge in [0.05, 0.1) is 5.52 Å². The average Bonchev–Trinajstić information content (AvgIpc) is 2.78. The number of hydrogen-bond acceptors (Lipinski definition) is 2. The molecule has 1 aliphatic carbocycles. The van der Waals surface area contributed by atoms with E-state index >= 15 is 0 Å². The summed E-state index contributed by atoms with van der Waals surface area (Å²) in [6, 6.07) is 4.33. The van der Waals surface area contributed by atoms with Crippen LogP contribution in [0.3, 0.4) is 0 Å². The second-order valence-corrected chi connectivity index (χ2v) is 5.83. The Morgan fingerprint density at radius 2 is 2.17 bits per heavy atom. The maximum atomic E-state index is 4.88. The summed E-state index contributed by atoms with van der Waals surface area (Å²) in [5.41, 5.74) is 6.42. The van der Waals surface area contributed by atoms with Gasteiger partial charge in [0.1, 0.15) is 0 Å². The van der Waals surface area contributed by atoms with Crippen LogP contribution in [0.1, 0.15) is 30.2 Å². The lowest BCUT2D eigenvalue weighted by Gasteiger charge is -2.15. The molecule has 0 amide bonds. The molecule has 0 saturated carbocycles. The third-order valence-electron chi connectivity index (χ3n) is 3.63. The van der Waals surface area contributed by atoms with Crippen molar-refractivity contribution in [2.45, 2.75) is 33.1 Å². The molecule has 0 radical (unpaired) electrons. The minimum absolute atomic E-state index is 0.955. The lowest BCUT2D eigenvalue weighted by molar-refractivity contribution is 0.901. The van der Waals surface area contributed by atoms with Gasteiger partial charge >= 0.3 is 0 Å². The molecule has 3 rings (SSSR count). The van der Waals surface area contributed by atoms with E-state index in [-0.39, 0.29) is 0 Å². The van der Waals surface area contributed by atoms with Crippen molar-refractivity contribution in [2.75, 3.05) is 11.9 Å². The quantitative estimate of drug-likeness (QED) is 0.898. The number of nitrogens with one attached hydrogen (secondary N) is 1. The monoisotopic (exact) mass is 304 g/mol. The van der Waals surface area contributed by atoms with Crippen molar-refractivity contribution < 1.29 is 0 Å². The van der Waals surface area contributed by atoms with Crippen LogP contribution in [0.25, 0.3) is 10.9 Å². The zero-order chi connectivity index (χ0) is 12.7. The largest absolute Gasteiger partial charge is 0.384 e. The molecule has 18 heavy (non-hydrogen) atoms. The fourth-order valence-electron chi connectivity index (χ4n) is 2.87. The van der Waals surface area contributed by atoms with Crippen molar-refractivity contribution in [1.29, 1.82) is 0 Å². The number of anilines is 1. The molecule has 0 bridgehead atoms. The second kappa shape index (κ2) is 4.54. The number of hydrogen-bond donors (Lipinski definition) is 1. The van der Waals surface area contributed by atoms with Gasteiger partial charge in [-0.05, 0) is 56.4 Å². The number of fused-ring (bicyclic) bond motifs is 2. The molecule has 0 spiro atoms. The second-order valence-electron chi connectivity index (χ2n) is 4.91. The topological polar surface area (TPSA) is 24.9 Å². The fourth-order valence-corrected chi connectivity index (χ4v) is 3.44. The Bertz CT molecular complexity index is 620. The predicted molar refractivity (Wildman–Crippen MR) is 80.4 cm³/mol. The third-order valence-corrected chi connectivity index (χ3v) is 4.08. The molecule has 0 unspecified atom stereocenters. The lowest BCUT2D eigenvalue weighted by atomic mass is 10.0. The predicted octanol–water partition coefficient (Wildman–Crippen LogP) is 4.23. The van der Waals surface area contributed by atoms with Gasteiger partial charge in [-0.2, -0.15) is 0 Å². The Labute approximate surface area is 116 Å². The van der Waals surface area contributed by atoms with Gasteiger partial charge in [0, 0.05) is 27.8 Å². The zero-order valence-electron chi connectivity index (χ0n) is 10.8. The molecule has 0 saturated heterocycles. The van der Waals surface area contributed by atoms with Crippen LogP contribution in [0.15, 0.2) is 16.6 Å². The van der Waals surface area contributed by atoms with Crippen molar-refractivity contribution >= 4 is 32.5 Å². The number of aromatic nitrogens is 1. The fraction of sp³-hybridized carbons (Fsp3) is 0.400. The summed E-state index contributed by atoms with van der Waals surface area (Å²) < 4.78 is 1.13. The summed E-state index contributed by atoms with van der Waals surface area (Å²) >= 11 is 3.59. The molecule has 3 heteroatoms. The van der Waals surface area contributed by atoms with Crippen LogP contribution in [0.4, 0.5) is 5.69 Å². The van der Waals surface area contributed by atoms with E-state index < -0.39 is 0 Å². The van der Waals surface area contributed by atoms with E-state index in [0.29, 0.717) is 0 Å². The average molecular weight is 305 g/mol. The Balaban J connectivity index is 2.38. The van der Waals surface area contributed by atoms with Crippen molar-refractivity contribution in [3.05, 3.63) is 33.4 Å². The standard InChI is InChI=1S/C15H17BrN2/c1-3-17-15-11-5-4-6-13(11)18-14-9(2)7-10(16)8-12(14)15/h7-8H,3-6H2,1-2H3,(H,17,18). The third kappa shape index (κ3) is 1.81. The molecule has 0 aliphatic heterocycles. The molecule has 1 N–H and O–H groups in total. The molecule has 0 fully saturated rings. The molecule has 0 atom stereocenters. The van der Waals surface area contributed by atoms with E-state index in [1.807, 2.05) is 0 Å². The molecule has 2 nitrogen and oxygen atoms in total. The summed E-state index contributed by atoms with van der Waals surface area (Å²) in [6.45, 7) is 5.24. The van der Waals surface area contributed by atoms with E-state index in [0.717, 1.165) is 29.4 Å². The van der Waals surface area contributed by atoms with Crippen molar-refractivity contribution in [2.24, 2.45) is 0 Å². The van der Waals surface area contributed by atoms with Gasteiger partial charge in [0.2, 0.25) is 0 Å². The smallest absolute Gasteiger partial charge is 0.0756 e. The SMILES string of the molecule is CCNc1c2c(nc3c(C)cc(Br)cc13)CCC2. The molecule has 2 aromatic rings. The van der Waals surface area contributed by atoms with Gasteiger partial charge < -0.3 is 5.32 Å². The lowest BCUT2D eigenvalue weighted by Crippen LogP contribution is -2.04. The molecule has 1 aliphatic rings. The summed E-state index contributed by atoms with van der Waals surface area (Å²) in [5.74, 6) is 0. The Kier molecular flexibility index (Phi) is 3.02. The van der Waals surface area contributed by atoms with E-state index in [2.05, 4.69) is 47.2 Å². The van der Waals surface area contributed by atoms with Crippen LogP contribution in [0.2, 0.25) is 0 Å². The molecule has 1 aromatic carbocycles. The number of aryl methyl sites for hydroxylation is 2. The van der Waals surface area contributed by atoms with E-state index in [4.69, 9.17) is 4.98 Å². The summed E-state index contributed by atoms with van der Waals surface area (Å²) in [5, 5.41) is 4.80. The number of rotatable bonds is 2. The maximum Gasteiger partial charge on any atom is 0.0756 e. The van der Waals surface area contributed by atoms with Crippen LogP contribution in [0.5, 0.6) is 0 Å². The first-order valence-corrected chi connectivity index (χ1v) is 7.35. The summed E-state index contributed by atoms with van der Waals surface area (Å²) in [4.78, 5) is 4.88.